The zero-order chi connectivity index (χ0) is 11.7. The summed E-state index contributed by atoms with van der Waals surface area (Å²) < 4.78 is 0. The van der Waals surface area contributed by atoms with Gasteiger partial charge in [0, 0.05) is 0 Å². The first-order chi connectivity index (χ1) is 6.05. The molecule has 0 aliphatic carbocycles. The fraction of sp³-hybridized carbons (Fsp3) is 0.571. The molecule has 0 heterocycles. The first-order valence-corrected chi connectivity index (χ1v) is 5.06. The number of hydrogen-bond acceptors (Lipinski definition) is 0. The summed E-state index contributed by atoms with van der Waals surface area (Å²) in [6, 6.07) is 0. The topological polar surface area (TPSA) is 0 Å². The highest BCUT2D eigenvalue weighted by molar-refractivity contribution is 5.33. The molecule has 0 heteroatoms. The van der Waals surface area contributed by atoms with Crippen molar-refractivity contribution in [2.75, 3.05) is 0 Å². The zero-order valence-corrected chi connectivity index (χ0v) is 10.6. The Balaban J connectivity index is 5.24. The molecule has 0 aromatic rings. The quantitative estimate of drug-likeness (QED) is 0.445. The van der Waals surface area contributed by atoms with Gasteiger partial charge >= 0.3 is 0 Å². The van der Waals surface area contributed by atoms with E-state index in [9.17, 15) is 0 Å². The third-order valence-electron chi connectivity index (χ3n) is 3.90. The second-order valence-corrected chi connectivity index (χ2v) is 5.29. The molecule has 0 N–H and O–H groups in total. The van der Waals surface area contributed by atoms with Crippen molar-refractivity contribution < 1.29 is 0 Å². The van der Waals surface area contributed by atoms with Crippen molar-refractivity contribution in [2.24, 2.45) is 10.8 Å². The number of rotatable bonds is 4. The van der Waals surface area contributed by atoms with E-state index in [-0.39, 0.29) is 10.8 Å². The largest absolute Gasteiger partial charge is 0.0996 e. The maximum Gasteiger partial charge on any atom is -0.00190 e. The van der Waals surface area contributed by atoms with Crippen LogP contribution in [-0.4, -0.2) is 0 Å². The average Bonchev–Trinajstić information content (AvgIpc) is 2.01. The predicted molar refractivity (Wildman–Crippen MR) is 66.3 cm³/mol. The lowest BCUT2D eigenvalue weighted by molar-refractivity contribution is 0.203. The van der Waals surface area contributed by atoms with Crippen LogP contribution in [0.25, 0.3) is 0 Å². The summed E-state index contributed by atoms with van der Waals surface area (Å²) in [4.78, 5) is 0. The third-order valence-corrected chi connectivity index (χ3v) is 3.90. The first kappa shape index (κ1) is 13.2. The monoisotopic (exact) mass is 192 g/mol. The lowest BCUT2D eigenvalue weighted by Gasteiger charge is -2.44. The van der Waals surface area contributed by atoms with Gasteiger partial charge in [-0.15, -0.1) is 0 Å². The molecule has 0 atom stereocenters. The molecule has 14 heavy (non-hydrogen) atoms. The van der Waals surface area contributed by atoms with Gasteiger partial charge in [-0.3, -0.25) is 0 Å². The Hall–Kier alpha value is -0.780. The van der Waals surface area contributed by atoms with Crippen molar-refractivity contribution in [3.8, 4) is 0 Å². The third kappa shape index (κ3) is 2.00. The minimum Gasteiger partial charge on any atom is -0.0996 e. The van der Waals surface area contributed by atoms with Crippen LogP contribution in [0, 0.1) is 10.8 Å². The summed E-state index contributed by atoms with van der Waals surface area (Å²) in [6.07, 6.45) is 0. The van der Waals surface area contributed by atoms with E-state index in [2.05, 4.69) is 54.4 Å². The highest BCUT2D eigenvalue weighted by Crippen LogP contribution is 2.49. The smallest absolute Gasteiger partial charge is 0.00190 e. The fourth-order valence-corrected chi connectivity index (χ4v) is 1.44. The molecule has 0 radical (unpaired) electrons. The Morgan fingerprint density at radius 3 is 1.36 bits per heavy atom. The van der Waals surface area contributed by atoms with Crippen LogP contribution in [0.3, 0.4) is 0 Å². The van der Waals surface area contributed by atoms with E-state index in [0.29, 0.717) is 0 Å². The normalized spacial score (nSPS) is 12.4. The molecule has 0 bridgehead atoms. The van der Waals surface area contributed by atoms with Crippen LogP contribution in [0.4, 0.5) is 0 Å². The minimum atomic E-state index is 0.00463. The fourth-order valence-electron chi connectivity index (χ4n) is 1.44. The van der Waals surface area contributed by atoms with E-state index in [4.69, 9.17) is 0 Å². The van der Waals surface area contributed by atoms with Gasteiger partial charge in [-0.25, -0.2) is 0 Å². The van der Waals surface area contributed by atoms with Gasteiger partial charge in [-0.2, -0.15) is 0 Å². The maximum absolute atomic E-state index is 4.13. The molecule has 0 amide bonds. The van der Waals surface area contributed by atoms with Gasteiger partial charge in [0.2, 0.25) is 0 Å². The van der Waals surface area contributed by atoms with Gasteiger partial charge in [0.15, 0.2) is 0 Å². The molecule has 0 saturated heterocycles. The van der Waals surface area contributed by atoms with Gasteiger partial charge < -0.3 is 0 Å². The average molecular weight is 192 g/mol. The van der Waals surface area contributed by atoms with Crippen LogP contribution in [0.2, 0.25) is 0 Å². The molecule has 0 aromatic carbocycles. The van der Waals surface area contributed by atoms with E-state index < -0.39 is 0 Å². The zero-order valence-electron chi connectivity index (χ0n) is 10.6. The summed E-state index contributed by atoms with van der Waals surface area (Å²) in [5.74, 6) is 0. The van der Waals surface area contributed by atoms with Crippen LogP contribution < -0.4 is 0 Å². The second kappa shape index (κ2) is 3.76. The summed E-state index contributed by atoms with van der Waals surface area (Å²) in [6.45, 7) is 25.1. The van der Waals surface area contributed by atoms with Crippen LogP contribution in [0.5, 0.6) is 0 Å². The Bertz CT molecular complexity index is 274. The standard InChI is InChI=1S/C14H24/c1-10(2)12(5)14(8,9)13(6,7)11(3)4/h1,3,5H2,2,4,6-9H3. The molecule has 0 saturated carbocycles. The van der Waals surface area contributed by atoms with Crippen molar-refractivity contribution in [2.45, 2.75) is 41.5 Å². The van der Waals surface area contributed by atoms with E-state index in [1.54, 1.807) is 0 Å². The molecule has 0 rings (SSSR count). The highest BCUT2D eigenvalue weighted by Gasteiger charge is 2.39. The summed E-state index contributed by atoms with van der Waals surface area (Å²) >= 11 is 0. The molecule has 80 valence electrons. The van der Waals surface area contributed by atoms with Crippen LogP contribution in [0.1, 0.15) is 41.5 Å². The molecular formula is C14H24. The van der Waals surface area contributed by atoms with Crippen LogP contribution >= 0.6 is 0 Å². The highest BCUT2D eigenvalue weighted by atomic mass is 14.4. The van der Waals surface area contributed by atoms with Gasteiger partial charge in [-0.05, 0) is 30.3 Å². The first-order valence-electron chi connectivity index (χ1n) is 5.06. The van der Waals surface area contributed by atoms with Gasteiger partial charge in [0.05, 0.1) is 0 Å². The van der Waals surface area contributed by atoms with Crippen molar-refractivity contribution in [3.05, 3.63) is 36.5 Å². The lowest BCUT2D eigenvalue weighted by Crippen LogP contribution is -2.35. The van der Waals surface area contributed by atoms with E-state index in [1.165, 1.54) is 5.57 Å². The molecular weight excluding hydrogens is 168 g/mol. The van der Waals surface area contributed by atoms with Crippen molar-refractivity contribution >= 4 is 0 Å². The molecule has 0 spiro atoms. The van der Waals surface area contributed by atoms with Crippen molar-refractivity contribution in [1.82, 2.24) is 0 Å². The molecule has 0 aromatic heterocycles. The Kier molecular flexibility index (Phi) is 3.55. The van der Waals surface area contributed by atoms with Crippen molar-refractivity contribution in [3.63, 3.8) is 0 Å². The Morgan fingerprint density at radius 2 is 1.14 bits per heavy atom. The van der Waals surface area contributed by atoms with E-state index in [0.717, 1.165) is 11.1 Å². The summed E-state index contributed by atoms with van der Waals surface area (Å²) in [5.41, 5.74) is 3.41. The predicted octanol–water partition coefficient (Wildman–Crippen LogP) is 4.75. The molecule has 0 unspecified atom stereocenters. The Labute approximate surface area is 89.4 Å². The summed E-state index contributed by atoms with van der Waals surface area (Å²) in [5, 5.41) is 0. The van der Waals surface area contributed by atoms with Gasteiger partial charge in [0.25, 0.3) is 0 Å². The van der Waals surface area contributed by atoms with Crippen LogP contribution in [0.15, 0.2) is 36.5 Å². The van der Waals surface area contributed by atoms with Crippen molar-refractivity contribution in [1.29, 1.82) is 0 Å². The molecule has 0 nitrogen and oxygen atoms in total. The lowest BCUT2D eigenvalue weighted by atomic mass is 9.60. The van der Waals surface area contributed by atoms with E-state index >= 15 is 0 Å². The summed E-state index contributed by atoms with van der Waals surface area (Å²) in [7, 11) is 0. The van der Waals surface area contributed by atoms with Gasteiger partial charge in [-0.1, -0.05) is 58.6 Å². The van der Waals surface area contributed by atoms with E-state index in [1.807, 2.05) is 6.92 Å². The molecule has 0 aliphatic heterocycles. The SMILES string of the molecule is C=C(C)C(=C)C(C)(C)C(C)(C)C(=C)C. The minimum absolute atomic E-state index is 0.00463. The number of allylic oxidation sites excluding steroid dienone is 3. The Morgan fingerprint density at radius 1 is 0.786 bits per heavy atom. The molecule has 0 aliphatic rings. The maximum atomic E-state index is 4.13. The second-order valence-electron chi connectivity index (χ2n) is 5.29. The van der Waals surface area contributed by atoms with Gasteiger partial charge in [0.1, 0.15) is 0 Å². The molecule has 0 fully saturated rings. The van der Waals surface area contributed by atoms with Crippen LogP contribution in [-0.2, 0) is 0 Å². The number of hydrogen-bond donors (Lipinski definition) is 0.